The zero-order valence-electron chi connectivity index (χ0n) is 9.28. The Hall–Kier alpha value is -0.580. The van der Waals surface area contributed by atoms with Crippen molar-refractivity contribution in [1.29, 1.82) is 0 Å². The van der Waals surface area contributed by atoms with Crippen molar-refractivity contribution in [3.8, 4) is 0 Å². The van der Waals surface area contributed by atoms with E-state index in [1.807, 2.05) is 11.0 Å². The summed E-state index contributed by atoms with van der Waals surface area (Å²) in [6, 6.07) is 4.01. The zero-order chi connectivity index (χ0) is 11.5. The molecule has 1 fully saturated rings. The summed E-state index contributed by atoms with van der Waals surface area (Å²) in [6.45, 7) is 6.17. The van der Waals surface area contributed by atoms with Crippen LogP contribution in [0.2, 0.25) is 4.34 Å². The fourth-order valence-electron chi connectivity index (χ4n) is 1.88. The normalized spacial score (nSPS) is 17.8. The number of amides is 1. The van der Waals surface area contributed by atoms with Crippen molar-refractivity contribution in [2.75, 3.05) is 26.2 Å². The first-order chi connectivity index (χ1) is 7.65. The van der Waals surface area contributed by atoms with E-state index in [4.69, 9.17) is 11.6 Å². The van der Waals surface area contributed by atoms with Crippen molar-refractivity contribution in [3.05, 3.63) is 21.3 Å². The maximum atomic E-state index is 11.2. The zero-order valence-corrected chi connectivity index (χ0v) is 10.9. The molecule has 0 atom stereocenters. The first-order valence-corrected chi connectivity index (χ1v) is 6.56. The molecule has 3 nitrogen and oxygen atoms in total. The van der Waals surface area contributed by atoms with E-state index in [2.05, 4.69) is 11.0 Å². The van der Waals surface area contributed by atoms with Gasteiger partial charge in [-0.05, 0) is 12.1 Å². The van der Waals surface area contributed by atoms with Crippen LogP contribution in [0.3, 0.4) is 0 Å². The van der Waals surface area contributed by atoms with Crippen LogP contribution in [-0.2, 0) is 11.3 Å². The topological polar surface area (TPSA) is 23.6 Å². The van der Waals surface area contributed by atoms with Crippen molar-refractivity contribution in [1.82, 2.24) is 9.80 Å². The van der Waals surface area contributed by atoms with Gasteiger partial charge >= 0.3 is 0 Å². The highest BCUT2D eigenvalue weighted by atomic mass is 35.5. The fourth-order valence-corrected chi connectivity index (χ4v) is 3.01. The van der Waals surface area contributed by atoms with Gasteiger partial charge in [0.25, 0.3) is 0 Å². The average Bonchev–Trinajstić information content (AvgIpc) is 2.65. The Bertz CT molecular complexity index is 372. The van der Waals surface area contributed by atoms with Gasteiger partial charge in [-0.2, -0.15) is 0 Å². The second kappa shape index (κ2) is 5.17. The second-order valence-electron chi connectivity index (χ2n) is 3.99. The van der Waals surface area contributed by atoms with E-state index >= 15 is 0 Å². The lowest BCUT2D eigenvalue weighted by molar-refractivity contribution is -0.130. The minimum atomic E-state index is 0.179. The average molecular weight is 259 g/mol. The van der Waals surface area contributed by atoms with Gasteiger partial charge in [-0.3, -0.25) is 9.69 Å². The van der Waals surface area contributed by atoms with Crippen molar-refractivity contribution >= 4 is 28.8 Å². The quantitative estimate of drug-likeness (QED) is 0.811. The first-order valence-electron chi connectivity index (χ1n) is 5.37. The van der Waals surface area contributed by atoms with Gasteiger partial charge in [0.2, 0.25) is 5.91 Å². The molecule has 0 aromatic carbocycles. The number of carbonyl (C=O) groups excluding carboxylic acids is 1. The van der Waals surface area contributed by atoms with Crippen LogP contribution in [-0.4, -0.2) is 41.9 Å². The molecule has 0 saturated carbocycles. The van der Waals surface area contributed by atoms with Crippen LogP contribution in [0.1, 0.15) is 11.8 Å². The molecule has 2 rings (SSSR count). The molecule has 88 valence electrons. The van der Waals surface area contributed by atoms with E-state index < -0.39 is 0 Å². The number of hydrogen-bond donors (Lipinski definition) is 0. The van der Waals surface area contributed by atoms with E-state index in [0.29, 0.717) is 0 Å². The molecule has 2 heterocycles. The summed E-state index contributed by atoms with van der Waals surface area (Å²) in [5.41, 5.74) is 0. The lowest BCUT2D eigenvalue weighted by atomic mass is 10.3. The van der Waals surface area contributed by atoms with Crippen LogP contribution in [0.25, 0.3) is 0 Å². The van der Waals surface area contributed by atoms with Gasteiger partial charge < -0.3 is 4.90 Å². The van der Waals surface area contributed by atoms with E-state index in [1.165, 1.54) is 4.88 Å². The third kappa shape index (κ3) is 2.97. The molecule has 0 aliphatic carbocycles. The minimum Gasteiger partial charge on any atom is -0.340 e. The predicted molar refractivity (Wildman–Crippen MR) is 66.9 cm³/mol. The Kier molecular flexibility index (Phi) is 3.84. The van der Waals surface area contributed by atoms with Crippen molar-refractivity contribution < 1.29 is 4.79 Å². The summed E-state index contributed by atoms with van der Waals surface area (Å²) >= 11 is 7.52. The predicted octanol–water partition coefficient (Wildman–Crippen LogP) is 2.07. The molecule has 0 spiro atoms. The molecular formula is C11H15ClN2OS. The number of halogens is 1. The molecule has 1 amide bonds. The van der Waals surface area contributed by atoms with Gasteiger partial charge in [0.05, 0.1) is 4.34 Å². The highest BCUT2D eigenvalue weighted by molar-refractivity contribution is 7.16. The number of piperazine rings is 1. The van der Waals surface area contributed by atoms with E-state index in [-0.39, 0.29) is 5.91 Å². The van der Waals surface area contributed by atoms with Gasteiger partial charge in [-0.25, -0.2) is 0 Å². The largest absolute Gasteiger partial charge is 0.340 e. The van der Waals surface area contributed by atoms with Gasteiger partial charge in [0, 0.05) is 44.5 Å². The number of thiophene rings is 1. The van der Waals surface area contributed by atoms with Crippen molar-refractivity contribution in [2.45, 2.75) is 13.5 Å². The Morgan fingerprint density at radius 3 is 2.56 bits per heavy atom. The van der Waals surface area contributed by atoms with Gasteiger partial charge in [-0.1, -0.05) is 11.6 Å². The standard InChI is InChI=1S/C11H15ClN2OS/c1-9(15)14-6-4-13(5-7-14)8-10-2-3-11(12)16-10/h2-3H,4-8H2,1H3. The number of rotatable bonds is 2. The summed E-state index contributed by atoms with van der Waals surface area (Å²) in [6.07, 6.45) is 0. The second-order valence-corrected chi connectivity index (χ2v) is 5.79. The van der Waals surface area contributed by atoms with Crippen LogP contribution >= 0.6 is 22.9 Å². The molecule has 1 aliphatic heterocycles. The molecule has 1 saturated heterocycles. The van der Waals surface area contributed by atoms with Crippen LogP contribution < -0.4 is 0 Å². The third-order valence-corrected chi connectivity index (χ3v) is 4.04. The van der Waals surface area contributed by atoms with Gasteiger partial charge in [0.15, 0.2) is 0 Å². The highest BCUT2D eigenvalue weighted by Crippen LogP contribution is 2.23. The van der Waals surface area contributed by atoms with Crippen LogP contribution in [0.5, 0.6) is 0 Å². The van der Waals surface area contributed by atoms with E-state index in [9.17, 15) is 4.79 Å². The SMILES string of the molecule is CC(=O)N1CCN(Cc2ccc(Cl)s2)CC1. The molecule has 1 aromatic rings. The number of nitrogens with zero attached hydrogens (tertiary/aromatic N) is 2. The van der Waals surface area contributed by atoms with Crippen LogP contribution in [0.15, 0.2) is 12.1 Å². The van der Waals surface area contributed by atoms with E-state index in [1.54, 1.807) is 18.3 Å². The maximum Gasteiger partial charge on any atom is 0.219 e. The van der Waals surface area contributed by atoms with Gasteiger partial charge in [0.1, 0.15) is 0 Å². The van der Waals surface area contributed by atoms with Crippen LogP contribution in [0, 0.1) is 0 Å². The molecule has 0 N–H and O–H groups in total. The summed E-state index contributed by atoms with van der Waals surface area (Å²) in [4.78, 5) is 16.7. The summed E-state index contributed by atoms with van der Waals surface area (Å²) < 4.78 is 0.845. The fraction of sp³-hybridized carbons (Fsp3) is 0.545. The third-order valence-electron chi connectivity index (χ3n) is 2.83. The Morgan fingerprint density at radius 1 is 1.38 bits per heavy atom. The monoisotopic (exact) mass is 258 g/mol. The molecule has 0 unspecified atom stereocenters. The Morgan fingerprint density at radius 2 is 2.06 bits per heavy atom. The Balaban J connectivity index is 1.83. The molecule has 0 radical (unpaired) electrons. The summed E-state index contributed by atoms with van der Waals surface area (Å²) in [5.74, 6) is 0.179. The van der Waals surface area contributed by atoms with Gasteiger partial charge in [-0.15, -0.1) is 11.3 Å². The summed E-state index contributed by atoms with van der Waals surface area (Å²) in [5, 5.41) is 0. The first kappa shape index (κ1) is 11.9. The number of carbonyl (C=O) groups is 1. The highest BCUT2D eigenvalue weighted by Gasteiger charge is 2.18. The van der Waals surface area contributed by atoms with Crippen molar-refractivity contribution in [2.24, 2.45) is 0 Å². The Labute approximate surface area is 105 Å². The minimum absolute atomic E-state index is 0.179. The summed E-state index contributed by atoms with van der Waals surface area (Å²) in [7, 11) is 0. The lowest BCUT2D eigenvalue weighted by Crippen LogP contribution is -2.47. The molecule has 1 aliphatic rings. The molecule has 16 heavy (non-hydrogen) atoms. The molecule has 5 heteroatoms. The van der Waals surface area contributed by atoms with Crippen molar-refractivity contribution in [3.63, 3.8) is 0 Å². The molecular weight excluding hydrogens is 244 g/mol. The molecule has 0 bridgehead atoms. The smallest absolute Gasteiger partial charge is 0.219 e. The number of hydrogen-bond acceptors (Lipinski definition) is 3. The van der Waals surface area contributed by atoms with E-state index in [0.717, 1.165) is 37.1 Å². The lowest BCUT2D eigenvalue weighted by Gasteiger charge is -2.33. The molecule has 1 aromatic heterocycles. The van der Waals surface area contributed by atoms with Crippen LogP contribution in [0.4, 0.5) is 0 Å². The maximum absolute atomic E-state index is 11.2.